The van der Waals surface area contributed by atoms with Crippen LogP contribution in [0.2, 0.25) is 0 Å². The van der Waals surface area contributed by atoms with Crippen molar-refractivity contribution >= 4 is 0 Å². The van der Waals surface area contributed by atoms with Gasteiger partial charge in [-0.05, 0) is 24.6 Å². The van der Waals surface area contributed by atoms with Crippen LogP contribution < -0.4 is 10.6 Å². The Morgan fingerprint density at radius 3 is 2.71 bits per heavy atom. The molecule has 94 valence electrons. The van der Waals surface area contributed by atoms with Crippen LogP contribution in [-0.2, 0) is 11.2 Å². The molecule has 1 aromatic rings. The molecule has 0 spiro atoms. The van der Waals surface area contributed by atoms with E-state index in [-0.39, 0.29) is 0 Å². The Bertz CT molecular complexity index is 331. The van der Waals surface area contributed by atoms with E-state index in [4.69, 9.17) is 4.74 Å². The van der Waals surface area contributed by atoms with Gasteiger partial charge in [0.25, 0.3) is 0 Å². The molecule has 2 unspecified atom stereocenters. The summed E-state index contributed by atoms with van der Waals surface area (Å²) in [6.07, 6.45) is 1.09. The molecule has 0 aromatic heterocycles. The first kappa shape index (κ1) is 12.6. The summed E-state index contributed by atoms with van der Waals surface area (Å²) in [6.45, 7) is 4.72. The minimum Gasteiger partial charge on any atom is -0.378 e. The van der Waals surface area contributed by atoms with Gasteiger partial charge >= 0.3 is 0 Å². The van der Waals surface area contributed by atoms with E-state index in [1.807, 2.05) is 7.05 Å². The SMILES string of the molecule is CCc1ccc(C(NC)C2COCCN2)cc1. The van der Waals surface area contributed by atoms with Crippen molar-refractivity contribution in [3.8, 4) is 0 Å². The van der Waals surface area contributed by atoms with Crippen molar-refractivity contribution in [1.82, 2.24) is 10.6 Å². The van der Waals surface area contributed by atoms with Crippen molar-refractivity contribution in [2.24, 2.45) is 0 Å². The van der Waals surface area contributed by atoms with Gasteiger partial charge in [-0.15, -0.1) is 0 Å². The molecule has 3 heteroatoms. The zero-order chi connectivity index (χ0) is 12.1. The van der Waals surface area contributed by atoms with Crippen LogP contribution in [-0.4, -0.2) is 32.8 Å². The Morgan fingerprint density at radius 2 is 2.18 bits per heavy atom. The van der Waals surface area contributed by atoms with Crippen molar-refractivity contribution < 1.29 is 4.74 Å². The lowest BCUT2D eigenvalue weighted by Gasteiger charge is -2.31. The molecule has 0 radical (unpaired) electrons. The van der Waals surface area contributed by atoms with Crippen molar-refractivity contribution in [3.63, 3.8) is 0 Å². The van der Waals surface area contributed by atoms with Gasteiger partial charge in [0.2, 0.25) is 0 Å². The van der Waals surface area contributed by atoms with Crippen molar-refractivity contribution in [1.29, 1.82) is 0 Å². The topological polar surface area (TPSA) is 33.3 Å². The van der Waals surface area contributed by atoms with E-state index >= 15 is 0 Å². The molecule has 2 N–H and O–H groups in total. The van der Waals surface area contributed by atoms with E-state index in [9.17, 15) is 0 Å². The Labute approximate surface area is 104 Å². The second kappa shape index (κ2) is 6.15. The minimum absolute atomic E-state index is 0.321. The number of nitrogens with one attached hydrogen (secondary N) is 2. The average Bonchev–Trinajstić information content (AvgIpc) is 2.42. The molecule has 2 atom stereocenters. The zero-order valence-corrected chi connectivity index (χ0v) is 10.7. The van der Waals surface area contributed by atoms with Gasteiger partial charge < -0.3 is 15.4 Å². The van der Waals surface area contributed by atoms with Gasteiger partial charge in [0, 0.05) is 12.6 Å². The van der Waals surface area contributed by atoms with Crippen LogP contribution in [0.3, 0.4) is 0 Å². The number of hydrogen-bond acceptors (Lipinski definition) is 3. The summed E-state index contributed by atoms with van der Waals surface area (Å²) >= 11 is 0. The van der Waals surface area contributed by atoms with Gasteiger partial charge in [0.15, 0.2) is 0 Å². The summed E-state index contributed by atoms with van der Waals surface area (Å²) in [5.41, 5.74) is 2.71. The highest BCUT2D eigenvalue weighted by Gasteiger charge is 2.23. The van der Waals surface area contributed by atoms with Crippen molar-refractivity contribution in [3.05, 3.63) is 35.4 Å². The van der Waals surface area contributed by atoms with Crippen LogP contribution in [0, 0.1) is 0 Å². The molecule has 0 bridgehead atoms. The van der Waals surface area contributed by atoms with E-state index in [0.717, 1.165) is 26.2 Å². The van der Waals surface area contributed by atoms with Gasteiger partial charge in [-0.3, -0.25) is 0 Å². The molecule has 1 heterocycles. The third-order valence-corrected chi connectivity index (χ3v) is 3.41. The molecule has 17 heavy (non-hydrogen) atoms. The van der Waals surface area contributed by atoms with Crippen LogP contribution in [0.25, 0.3) is 0 Å². The summed E-state index contributed by atoms with van der Waals surface area (Å²) in [6, 6.07) is 9.54. The highest BCUT2D eigenvalue weighted by atomic mass is 16.5. The number of rotatable bonds is 4. The summed E-state index contributed by atoms with van der Waals surface area (Å²) < 4.78 is 5.53. The highest BCUT2D eigenvalue weighted by Crippen LogP contribution is 2.19. The quantitative estimate of drug-likeness (QED) is 0.828. The predicted octanol–water partition coefficient (Wildman–Crippen LogP) is 1.50. The summed E-state index contributed by atoms with van der Waals surface area (Å²) in [4.78, 5) is 0. The first-order valence-electron chi connectivity index (χ1n) is 6.42. The third kappa shape index (κ3) is 3.06. The number of hydrogen-bond donors (Lipinski definition) is 2. The molecule has 1 saturated heterocycles. The smallest absolute Gasteiger partial charge is 0.0638 e. The summed E-state index contributed by atoms with van der Waals surface area (Å²) in [5, 5.41) is 6.89. The Morgan fingerprint density at radius 1 is 1.41 bits per heavy atom. The zero-order valence-electron chi connectivity index (χ0n) is 10.7. The largest absolute Gasteiger partial charge is 0.378 e. The van der Waals surface area contributed by atoms with Gasteiger partial charge in [-0.1, -0.05) is 31.2 Å². The number of ether oxygens (including phenoxy) is 1. The minimum atomic E-state index is 0.321. The fraction of sp³-hybridized carbons (Fsp3) is 0.571. The molecular formula is C14H22N2O. The molecule has 1 fully saturated rings. The molecule has 0 aliphatic carbocycles. The fourth-order valence-electron chi connectivity index (χ4n) is 2.36. The van der Waals surface area contributed by atoms with E-state index in [1.54, 1.807) is 0 Å². The predicted molar refractivity (Wildman–Crippen MR) is 70.2 cm³/mol. The maximum Gasteiger partial charge on any atom is 0.0638 e. The average molecular weight is 234 g/mol. The first-order chi connectivity index (χ1) is 8.35. The molecule has 0 amide bonds. The number of morpholine rings is 1. The van der Waals surface area contributed by atoms with Crippen molar-refractivity contribution in [2.45, 2.75) is 25.4 Å². The van der Waals surface area contributed by atoms with Crippen LogP contribution in [0.1, 0.15) is 24.1 Å². The number of likely N-dealkylation sites (N-methyl/N-ethyl adjacent to an activating group) is 1. The lowest BCUT2D eigenvalue weighted by molar-refractivity contribution is 0.0645. The van der Waals surface area contributed by atoms with Crippen LogP contribution in [0.4, 0.5) is 0 Å². The Balaban J connectivity index is 2.10. The van der Waals surface area contributed by atoms with Gasteiger partial charge in [0.1, 0.15) is 0 Å². The lowest BCUT2D eigenvalue weighted by atomic mass is 9.97. The van der Waals surface area contributed by atoms with Crippen molar-refractivity contribution in [2.75, 3.05) is 26.8 Å². The molecule has 1 aromatic carbocycles. The fourth-order valence-corrected chi connectivity index (χ4v) is 2.36. The van der Waals surface area contributed by atoms with Crippen LogP contribution in [0.5, 0.6) is 0 Å². The highest BCUT2D eigenvalue weighted by molar-refractivity contribution is 5.26. The molecule has 2 rings (SSSR count). The Hall–Kier alpha value is -0.900. The molecule has 3 nitrogen and oxygen atoms in total. The maximum atomic E-state index is 5.53. The maximum absolute atomic E-state index is 5.53. The van der Waals surface area contributed by atoms with Crippen LogP contribution >= 0.6 is 0 Å². The third-order valence-electron chi connectivity index (χ3n) is 3.41. The van der Waals surface area contributed by atoms with Gasteiger partial charge in [-0.2, -0.15) is 0 Å². The lowest BCUT2D eigenvalue weighted by Crippen LogP contribution is -2.48. The van der Waals surface area contributed by atoms with Gasteiger partial charge in [0.05, 0.1) is 19.3 Å². The van der Waals surface area contributed by atoms with Gasteiger partial charge in [-0.25, -0.2) is 0 Å². The first-order valence-corrected chi connectivity index (χ1v) is 6.42. The van der Waals surface area contributed by atoms with Crippen LogP contribution in [0.15, 0.2) is 24.3 Å². The second-order valence-corrected chi connectivity index (χ2v) is 4.50. The van der Waals surface area contributed by atoms with E-state index in [1.165, 1.54) is 11.1 Å². The molecule has 1 aliphatic heterocycles. The number of aryl methyl sites for hydroxylation is 1. The van der Waals surface area contributed by atoms with E-state index in [0.29, 0.717) is 12.1 Å². The molecule has 1 aliphatic rings. The Kier molecular flexibility index (Phi) is 4.54. The van der Waals surface area contributed by atoms with E-state index in [2.05, 4.69) is 41.8 Å². The number of benzene rings is 1. The van der Waals surface area contributed by atoms with E-state index < -0.39 is 0 Å². The standard InChI is InChI=1S/C14H22N2O/c1-3-11-4-6-12(7-5-11)14(15-2)13-10-17-9-8-16-13/h4-7,13-16H,3,8-10H2,1-2H3. The monoisotopic (exact) mass is 234 g/mol. The molecule has 0 saturated carbocycles. The summed E-state index contributed by atoms with van der Waals surface area (Å²) in [7, 11) is 2.01. The summed E-state index contributed by atoms with van der Waals surface area (Å²) in [5.74, 6) is 0. The normalized spacial score (nSPS) is 22.4. The molecular weight excluding hydrogens is 212 g/mol. The second-order valence-electron chi connectivity index (χ2n) is 4.50.